The number of anilines is 1. The number of nitrogens with zero attached hydrogens (tertiary/aromatic N) is 1. The molecule has 1 N–H and O–H groups in total. The highest BCUT2D eigenvalue weighted by Gasteiger charge is 2.20. The predicted molar refractivity (Wildman–Crippen MR) is 78.3 cm³/mol. The van der Waals surface area contributed by atoms with E-state index in [0.29, 0.717) is 5.69 Å². The molecule has 2 aromatic carbocycles. The molecule has 0 aliphatic carbocycles. The van der Waals surface area contributed by atoms with Gasteiger partial charge in [-0.3, -0.25) is 14.9 Å². The number of nitro benzene ring substituents is 1. The van der Waals surface area contributed by atoms with Gasteiger partial charge in [0, 0.05) is 11.8 Å². The molecule has 0 heterocycles. The minimum Gasteiger partial charge on any atom is -0.474 e. The Hall–Kier alpha value is -2.89. The van der Waals surface area contributed by atoms with Gasteiger partial charge in [0.1, 0.15) is 0 Å². The van der Waals surface area contributed by atoms with Gasteiger partial charge in [0.15, 0.2) is 11.9 Å². The second-order valence-corrected chi connectivity index (χ2v) is 4.34. The van der Waals surface area contributed by atoms with Crippen LogP contribution >= 0.6 is 0 Å². The predicted octanol–water partition coefficient (Wildman–Crippen LogP) is 3.00. The summed E-state index contributed by atoms with van der Waals surface area (Å²) in [5, 5.41) is 13.6. The minimum atomic E-state index is -0.855. The summed E-state index contributed by atoms with van der Waals surface area (Å²) in [6.45, 7) is 1.54. The van der Waals surface area contributed by atoms with Gasteiger partial charge in [-0.15, -0.1) is 0 Å². The van der Waals surface area contributed by atoms with Crippen LogP contribution in [-0.2, 0) is 4.79 Å². The van der Waals surface area contributed by atoms with E-state index in [-0.39, 0.29) is 17.3 Å². The minimum absolute atomic E-state index is 0.0678. The molecule has 2 aromatic rings. The third kappa shape index (κ3) is 3.79. The van der Waals surface area contributed by atoms with Gasteiger partial charge in [-0.05, 0) is 25.1 Å². The van der Waals surface area contributed by atoms with E-state index < -0.39 is 11.0 Å². The molecule has 0 aliphatic rings. The molecule has 1 amide bonds. The number of carbonyl (C=O) groups is 1. The van der Waals surface area contributed by atoms with Crippen molar-refractivity contribution in [3.8, 4) is 5.75 Å². The van der Waals surface area contributed by atoms with E-state index in [0.717, 1.165) is 0 Å². The Bertz CT molecular complexity index is 643. The molecule has 0 radical (unpaired) electrons. The van der Waals surface area contributed by atoms with Gasteiger partial charge < -0.3 is 10.1 Å². The maximum absolute atomic E-state index is 12.0. The first-order valence-corrected chi connectivity index (χ1v) is 6.34. The lowest BCUT2D eigenvalue weighted by Crippen LogP contribution is -2.30. The van der Waals surface area contributed by atoms with Crippen molar-refractivity contribution in [2.24, 2.45) is 0 Å². The van der Waals surface area contributed by atoms with Crippen molar-refractivity contribution in [2.45, 2.75) is 13.0 Å². The van der Waals surface area contributed by atoms with E-state index in [1.807, 2.05) is 6.07 Å². The number of rotatable bonds is 5. The second-order valence-electron chi connectivity index (χ2n) is 4.34. The van der Waals surface area contributed by atoms with Crippen LogP contribution in [0.25, 0.3) is 0 Å². The number of carbonyl (C=O) groups excluding carboxylic acids is 1. The number of amides is 1. The summed E-state index contributed by atoms with van der Waals surface area (Å²) in [5.74, 6) is -0.308. The van der Waals surface area contributed by atoms with Gasteiger partial charge >= 0.3 is 5.69 Å². The van der Waals surface area contributed by atoms with Crippen LogP contribution in [0.3, 0.4) is 0 Å². The number of benzene rings is 2. The van der Waals surface area contributed by atoms with Crippen molar-refractivity contribution in [1.82, 2.24) is 0 Å². The zero-order valence-electron chi connectivity index (χ0n) is 11.4. The quantitative estimate of drug-likeness (QED) is 0.676. The van der Waals surface area contributed by atoms with E-state index in [4.69, 9.17) is 4.74 Å². The lowest BCUT2D eigenvalue weighted by Gasteiger charge is -2.14. The van der Waals surface area contributed by atoms with Gasteiger partial charge in [0.05, 0.1) is 4.92 Å². The van der Waals surface area contributed by atoms with Crippen molar-refractivity contribution in [3.63, 3.8) is 0 Å². The zero-order valence-corrected chi connectivity index (χ0v) is 11.4. The SMILES string of the molecule is C[C@H](Oc1ccccc1[N+](=O)[O-])C(=O)Nc1ccccc1. The molecule has 6 heteroatoms. The Balaban J connectivity index is 2.06. The largest absolute Gasteiger partial charge is 0.474 e. The normalized spacial score (nSPS) is 11.5. The lowest BCUT2D eigenvalue weighted by atomic mass is 10.2. The summed E-state index contributed by atoms with van der Waals surface area (Å²) < 4.78 is 5.39. The molecule has 108 valence electrons. The van der Waals surface area contributed by atoms with Crippen LogP contribution in [0, 0.1) is 10.1 Å². The van der Waals surface area contributed by atoms with E-state index in [2.05, 4.69) is 5.32 Å². The average molecular weight is 286 g/mol. The summed E-state index contributed by atoms with van der Waals surface area (Å²) in [4.78, 5) is 22.3. The molecule has 0 unspecified atom stereocenters. The Labute approximate surface area is 121 Å². The van der Waals surface area contributed by atoms with Crippen LogP contribution in [0.1, 0.15) is 6.92 Å². The Kier molecular flexibility index (Phi) is 4.50. The number of para-hydroxylation sites is 3. The molecular weight excluding hydrogens is 272 g/mol. The molecule has 1 atom stereocenters. The maximum Gasteiger partial charge on any atom is 0.310 e. The number of hydrogen-bond acceptors (Lipinski definition) is 4. The van der Waals surface area contributed by atoms with Gasteiger partial charge in [-0.25, -0.2) is 0 Å². The van der Waals surface area contributed by atoms with E-state index in [9.17, 15) is 14.9 Å². The molecular formula is C15H14N2O4. The smallest absolute Gasteiger partial charge is 0.310 e. The van der Waals surface area contributed by atoms with Gasteiger partial charge in [0.2, 0.25) is 0 Å². The monoisotopic (exact) mass is 286 g/mol. The van der Waals surface area contributed by atoms with Crippen LogP contribution in [0.4, 0.5) is 11.4 Å². The summed E-state index contributed by atoms with van der Waals surface area (Å²) in [7, 11) is 0. The number of nitro groups is 1. The Morgan fingerprint density at radius 1 is 1.14 bits per heavy atom. The van der Waals surface area contributed by atoms with Crippen molar-refractivity contribution in [3.05, 3.63) is 64.7 Å². The second kappa shape index (κ2) is 6.51. The third-order valence-corrected chi connectivity index (χ3v) is 2.78. The fourth-order valence-corrected chi connectivity index (χ4v) is 1.72. The van der Waals surface area contributed by atoms with Crippen molar-refractivity contribution < 1.29 is 14.5 Å². The van der Waals surface area contributed by atoms with Gasteiger partial charge in [0.25, 0.3) is 5.91 Å². The molecule has 0 saturated heterocycles. The number of nitrogens with one attached hydrogen (secondary N) is 1. The molecule has 0 spiro atoms. The molecule has 21 heavy (non-hydrogen) atoms. The lowest BCUT2D eigenvalue weighted by molar-refractivity contribution is -0.386. The van der Waals surface area contributed by atoms with Crippen molar-refractivity contribution in [2.75, 3.05) is 5.32 Å². The molecule has 2 rings (SSSR count). The molecule has 0 saturated carbocycles. The highest BCUT2D eigenvalue weighted by atomic mass is 16.6. The first kappa shape index (κ1) is 14.5. The molecule has 0 aromatic heterocycles. The van der Waals surface area contributed by atoms with Crippen molar-refractivity contribution >= 4 is 17.3 Å². The van der Waals surface area contributed by atoms with E-state index in [1.54, 1.807) is 36.4 Å². The molecule has 0 aliphatic heterocycles. The number of ether oxygens (including phenoxy) is 1. The summed E-state index contributed by atoms with van der Waals surface area (Å²) in [6.07, 6.45) is -0.855. The first-order chi connectivity index (χ1) is 10.1. The van der Waals surface area contributed by atoms with Crippen molar-refractivity contribution in [1.29, 1.82) is 0 Å². The van der Waals surface area contributed by atoms with Crippen LogP contribution in [0.5, 0.6) is 5.75 Å². The van der Waals surface area contributed by atoms with Gasteiger partial charge in [-0.1, -0.05) is 30.3 Å². The maximum atomic E-state index is 12.0. The van der Waals surface area contributed by atoms with Crippen LogP contribution < -0.4 is 10.1 Å². The highest BCUT2D eigenvalue weighted by Crippen LogP contribution is 2.26. The molecule has 0 fully saturated rings. The highest BCUT2D eigenvalue weighted by molar-refractivity contribution is 5.94. The Morgan fingerprint density at radius 2 is 1.76 bits per heavy atom. The first-order valence-electron chi connectivity index (χ1n) is 6.34. The molecule has 0 bridgehead atoms. The average Bonchev–Trinajstić information content (AvgIpc) is 2.48. The standard InChI is InChI=1S/C15H14N2O4/c1-11(15(18)16-12-7-3-2-4-8-12)21-14-10-6-5-9-13(14)17(19)20/h2-11H,1H3,(H,16,18)/t11-/m0/s1. The fourth-order valence-electron chi connectivity index (χ4n) is 1.72. The summed E-state index contributed by atoms with van der Waals surface area (Å²) in [6, 6.07) is 14.9. The molecule has 6 nitrogen and oxygen atoms in total. The van der Waals surface area contributed by atoms with Crippen LogP contribution in [0.15, 0.2) is 54.6 Å². The van der Waals surface area contributed by atoms with Crippen LogP contribution in [0.2, 0.25) is 0 Å². The van der Waals surface area contributed by atoms with E-state index in [1.165, 1.54) is 19.1 Å². The Morgan fingerprint density at radius 3 is 2.43 bits per heavy atom. The van der Waals surface area contributed by atoms with E-state index >= 15 is 0 Å². The third-order valence-electron chi connectivity index (χ3n) is 2.78. The zero-order chi connectivity index (χ0) is 15.2. The van der Waals surface area contributed by atoms with Crippen LogP contribution in [-0.4, -0.2) is 16.9 Å². The topological polar surface area (TPSA) is 81.5 Å². The summed E-state index contributed by atoms with van der Waals surface area (Å²) >= 11 is 0. The number of hydrogen-bond donors (Lipinski definition) is 1. The van der Waals surface area contributed by atoms with Gasteiger partial charge in [-0.2, -0.15) is 0 Å². The fraction of sp³-hybridized carbons (Fsp3) is 0.133. The summed E-state index contributed by atoms with van der Waals surface area (Å²) in [5.41, 5.74) is 0.470.